The van der Waals surface area contributed by atoms with Crippen molar-refractivity contribution >= 4 is 11.5 Å². The van der Waals surface area contributed by atoms with Gasteiger partial charge in [0.05, 0.1) is 11.9 Å². The van der Waals surface area contributed by atoms with Crippen molar-refractivity contribution in [3.63, 3.8) is 0 Å². The van der Waals surface area contributed by atoms with Gasteiger partial charge in [0.1, 0.15) is 5.82 Å². The van der Waals surface area contributed by atoms with Crippen LogP contribution in [0.3, 0.4) is 0 Å². The number of pyridine rings is 1. The molecule has 1 aromatic rings. The Morgan fingerprint density at radius 3 is 2.94 bits per heavy atom. The molecule has 17 heavy (non-hydrogen) atoms. The summed E-state index contributed by atoms with van der Waals surface area (Å²) in [5, 5.41) is 0. The molecule has 3 heteroatoms. The van der Waals surface area contributed by atoms with Crippen molar-refractivity contribution in [1.82, 2.24) is 4.98 Å². The van der Waals surface area contributed by atoms with E-state index < -0.39 is 0 Å². The summed E-state index contributed by atoms with van der Waals surface area (Å²) < 4.78 is 0. The highest BCUT2D eigenvalue weighted by atomic mass is 15.2. The van der Waals surface area contributed by atoms with E-state index in [1.54, 1.807) is 6.20 Å². The molecular formula is C14H21N3. The quantitative estimate of drug-likeness (QED) is 0.808. The zero-order chi connectivity index (χ0) is 11.8. The van der Waals surface area contributed by atoms with Gasteiger partial charge in [-0.3, -0.25) is 0 Å². The summed E-state index contributed by atoms with van der Waals surface area (Å²) in [5.74, 6) is 2.07. The Morgan fingerprint density at radius 1 is 1.29 bits per heavy atom. The predicted octanol–water partition coefficient (Wildman–Crippen LogP) is 2.74. The van der Waals surface area contributed by atoms with Gasteiger partial charge in [0, 0.05) is 12.6 Å². The van der Waals surface area contributed by atoms with E-state index in [1.165, 1.54) is 44.2 Å². The molecule has 1 aliphatic carbocycles. The zero-order valence-electron chi connectivity index (χ0n) is 10.5. The third-order valence-corrected chi connectivity index (χ3v) is 4.34. The number of hydrogen-bond donors (Lipinski definition) is 1. The molecule has 3 rings (SSSR count). The number of hydrogen-bond acceptors (Lipinski definition) is 3. The van der Waals surface area contributed by atoms with Crippen molar-refractivity contribution in [1.29, 1.82) is 0 Å². The highest BCUT2D eigenvalue weighted by Gasteiger charge is 2.35. The number of nitrogens with two attached hydrogens (primary N) is 1. The third kappa shape index (κ3) is 1.88. The van der Waals surface area contributed by atoms with Crippen LogP contribution < -0.4 is 10.6 Å². The van der Waals surface area contributed by atoms with E-state index >= 15 is 0 Å². The van der Waals surface area contributed by atoms with Crippen LogP contribution in [0.4, 0.5) is 11.5 Å². The van der Waals surface area contributed by atoms with E-state index in [-0.39, 0.29) is 0 Å². The second-order valence-corrected chi connectivity index (χ2v) is 5.50. The summed E-state index contributed by atoms with van der Waals surface area (Å²) in [6.45, 7) is 3.29. The van der Waals surface area contributed by atoms with E-state index in [0.717, 1.165) is 23.5 Å². The maximum Gasteiger partial charge on any atom is 0.131 e. The van der Waals surface area contributed by atoms with Gasteiger partial charge in [-0.05, 0) is 50.2 Å². The van der Waals surface area contributed by atoms with Crippen LogP contribution in [0.25, 0.3) is 0 Å². The van der Waals surface area contributed by atoms with Crippen LogP contribution in [0.15, 0.2) is 12.3 Å². The SMILES string of the molecule is Cc1cc(N)cnc1N1CCCC2CCCC21. The maximum atomic E-state index is 5.78. The number of nitrogen functional groups attached to an aromatic ring is 1. The Hall–Kier alpha value is -1.25. The molecule has 0 aromatic carbocycles. The summed E-state index contributed by atoms with van der Waals surface area (Å²) in [6, 6.07) is 2.78. The lowest BCUT2D eigenvalue weighted by molar-refractivity contribution is 0.360. The Morgan fingerprint density at radius 2 is 2.12 bits per heavy atom. The summed E-state index contributed by atoms with van der Waals surface area (Å²) in [4.78, 5) is 7.10. The van der Waals surface area contributed by atoms with Gasteiger partial charge in [-0.1, -0.05) is 6.42 Å². The minimum absolute atomic E-state index is 0.735. The van der Waals surface area contributed by atoms with Gasteiger partial charge in [-0.25, -0.2) is 4.98 Å². The van der Waals surface area contributed by atoms with E-state index in [4.69, 9.17) is 5.73 Å². The van der Waals surface area contributed by atoms with Gasteiger partial charge in [-0.15, -0.1) is 0 Å². The topological polar surface area (TPSA) is 42.1 Å². The first-order valence-electron chi connectivity index (χ1n) is 6.74. The highest BCUT2D eigenvalue weighted by molar-refractivity contribution is 5.53. The van der Waals surface area contributed by atoms with Crippen LogP contribution in [0.2, 0.25) is 0 Å². The first kappa shape index (κ1) is 10.9. The number of aryl methyl sites for hydroxylation is 1. The Labute approximate surface area is 103 Å². The van der Waals surface area contributed by atoms with Crippen molar-refractivity contribution < 1.29 is 0 Å². The second kappa shape index (κ2) is 4.21. The molecule has 0 radical (unpaired) electrons. The molecule has 2 fully saturated rings. The fourth-order valence-electron chi connectivity index (χ4n) is 3.61. The van der Waals surface area contributed by atoms with Crippen LogP contribution in [-0.4, -0.2) is 17.6 Å². The molecule has 0 bridgehead atoms. The maximum absolute atomic E-state index is 5.78. The fraction of sp³-hybridized carbons (Fsp3) is 0.643. The smallest absolute Gasteiger partial charge is 0.131 e. The lowest BCUT2D eigenvalue weighted by atomic mass is 9.91. The Kier molecular flexibility index (Phi) is 2.69. The van der Waals surface area contributed by atoms with E-state index in [2.05, 4.69) is 16.8 Å². The first-order chi connectivity index (χ1) is 8.25. The molecule has 1 aromatic heterocycles. The summed E-state index contributed by atoms with van der Waals surface area (Å²) in [5.41, 5.74) is 7.77. The van der Waals surface area contributed by atoms with Gasteiger partial charge in [0.2, 0.25) is 0 Å². The Balaban J connectivity index is 1.91. The molecule has 2 atom stereocenters. The molecule has 2 aliphatic rings. The van der Waals surface area contributed by atoms with E-state index in [0.29, 0.717) is 0 Å². The zero-order valence-corrected chi connectivity index (χ0v) is 10.5. The van der Waals surface area contributed by atoms with E-state index in [1.807, 2.05) is 6.07 Å². The lowest BCUT2D eigenvalue weighted by Crippen LogP contribution is -2.43. The molecule has 3 nitrogen and oxygen atoms in total. The summed E-state index contributed by atoms with van der Waals surface area (Å²) in [6.07, 6.45) is 8.66. The van der Waals surface area contributed by atoms with Crippen molar-refractivity contribution in [3.05, 3.63) is 17.8 Å². The molecule has 2 N–H and O–H groups in total. The second-order valence-electron chi connectivity index (χ2n) is 5.50. The summed E-state index contributed by atoms with van der Waals surface area (Å²) in [7, 11) is 0. The van der Waals surface area contributed by atoms with Crippen LogP contribution in [0.5, 0.6) is 0 Å². The average Bonchev–Trinajstić information content (AvgIpc) is 2.77. The standard InChI is InChI=1S/C14H21N3/c1-10-8-12(15)9-16-14(10)17-7-3-5-11-4-2-6-13(11)17/h8-9,11,13H,2-7,15H2,1H3. The third-order valence-electron chi connectivity index (χ3n) is 4.34. The lowest BCUT2D eigenvalue weighted by Gasteiger charge is -2.39. The number of piperidine rings is 1. The number of nitrogens with zero attached hydrogens (tertiary/aromatic N) is 2. The number of aromatic nitrogens is 1. The van der Waals surface area contributed by atoms with Crippen molar-refractivity contribution in [2.24, 2.45) is 5.92 Å². The number of anilines is 2. The minimum Gasteiger partial charge on any atom is -0.397 e. The van der Waals surface area contributed by atoms with Crippen molar-refractivity contribution in [2.45, 2.75) is 45.1 Å². The van der Waals surface area contributed by atoms with E-state index in [9.17, 15) is 0 Å². The molecule has 0 spiro atoms. The van der Waals surface area contributed by atoms with Gasteiger partial charge in [-0.2, -0.15) is 0 Å². The first-order valence-corrected chi connectivity index (χ1v) is 6.74. The van der Waals surface area contributed by atoms with Gasteiger partial charge in [0.25, 0.3) is 0 Å². The largest absolute Gasteiger partial charge is 0.397 e. The normalized spacial score (nSPS) is 28.2. The van der Waals surface area contributed by atoms with Crippen LogP contribution in [-0.2, 0) is 0 Å². The molecule has 1 saturated carbocycles. The monoisotopic (exact) mass is 231 g/mol. The Bertz CT molecular complexity index is 416. The predicted molar refractivity (Wildman–Crippen MR) is 71.1 cm³/mol. The van der Waals surface area contributed by atoms with Crippen molar-refractivity contribution in [2.75, 3.05) is 17.2 Å². The number of fused-ring (bicyclic) bond motifs is 1. The molecule has 92 valence electrons. The van der Waals surface area contributed by atoms with Crippen LogP contribution in [0, 0.1) is 12.8 Å². The molecule has 2 unspecified atom stereocenters. The minimum atomic E-state index is 0.735. The molecular weight excluding hydrogens is 210 g/mol. The molecule has 0 amide bonds. The summed E-state index contributed by atoms with van der Waals surface area (Å²) >= 11 is 0. The molecule has 1 saturated heterocycles. The van der Waals surface area contributed by atoms with Gasteiger partial charge >= 0.3 is 0 Å². The van der Waals surface area contributed by atoms with Crippen LogP contribution in [0.1, 0.15) is 37.7 Å². The molecule has 1 aliphatic heterocycles. The number of rotatable bonds is 1. The van der Waals surface area contributed by atoms with Gasteiger partial charge in [0.15, 0.2) is 0 Å². The van der Waals surface area contributed by atoms with Crippen molar-refractivity contribution in [3.8, 4) is 0 Å². The highest BCUT2D eigenvalue weighted by Crippen LogP contribution is 2.39. The average molecular weight is 231 g/mol. The fourth-order valence-corrected chi connectivity index (χ4v) is 3.61. The molecule has 2 heterocycles. The van der Waals surface area contributed by atoms with Crippen LogP contribution >= 0.6 is 0 Å². The van der Waals surface area contributed by atoms with Gasteiger partial charge < -0.3 is 10.6 Å².